The van der Waals surface area contributed by atoms with Crippen LogP contribution in [-0.4, -0.2) is 63.3 Å². The Hall–Kier alpha value is -2.94. The summed E-state index contributed by atoms with van der Waals surface area (Å²) in [7, 11) is 0. The summed E-state index contributed by atoms with van der Waals surface area (Å²) in [6, 6.07) is 3.19. The highest BCUT2D eigenvalue weighted by atomic mass is 19.1. The number of fused-ring (bicyclic) bond motifs is 1. The summed E-state index contributed by atoms with van der Waals surface area (Å²) in [6.07, 6.45) is 1.90. The van der Waals surface area contributed by atoms with Gasteiger partial charge in [0.05, 0.1) is 11.4 Å². The maximum absolute atomic E-state index is 15.0. The SMILES string of the molecule is C=C(C)C(=O)OCOC(=O)C1CN(C2CC2)c2cc(N3CCNCC3)c(F)cc2C1=O. The molecule has 2 heterocycles. The maximum Gasteiger partial charge on any atom is 0.335 e. The van der Waals surface area contributed by atoms with Gasteiger partial charge in [-0.3, -0.25) is 9.59 Å². The average Bonchev–Trinajstić information content (AvgIpc) is 3.59. The van der Waals surface area contributed by atoms with Gasteiger partial charge in [-0.1, -0.05) is 6.58 Å². The second-order valence-electron chi connectivity index (χ2n) is 8.15. The zero-order chi connectivity index (χ0) is 22.1. The quantitative estimate of drug-likeness (QED) is 0.315. The van der Waals surface area contributed by atoms with Gasteiger partial charge in [0, 0.05) is 49.9 Å². The number of piperazine rings is 1. The molecule has 4 rings (SSSR count). The molecule has 1 N–H and O–H groups in total. The lowest BCUT2D eigenvalue weighted by molar-refractivity contribution is -0.166. The van der Waals surface area contributed by atoms with E-state index < -0.39 is 36.2 Å². The molecule has 1 aliphatic carbocycles. The topological polar surface area (TPSA) is 88.2 Å². The molecule has 3 aliphatic rings. The Morgan fingerprint density at radius 2 is 1.90 bits per heavy atom. The first-order valence-electron chi connectivity index (χ1n) is 10.5. The smallest absolute Gasteiger partial charge is 0.335 e. The molecule has 0 amide bonds. The van der Waals surface area contributed by atoms with E-state index in [1.165, 1.54) is 13.0 Å². The van der Waals surface area contributed by atoms with Gasteiger partial charge < -0.3 is 24.6 Å². The van der Waals surface area contributed by atoms with Gasteiger partial charge in [0.1, 0.15) is 11.7 Å². The van der Waals surface area contributed by atoms with E-state index in [4.69, 9.17) is 9.47 Å². The van der Waals surface area contributed by atoms with Crippen molar-refractivity contribution in [2.24, 2.45) is 5.92 Å². The number of ether oxygens (including phenoxy) is 2. The molecule has 1 atom stereocenters. The van der Waals surface area contributed by atoms with Gasteiger partial charge >= 0.3 is 11.9 Å². The molecule has 2 aliphatic heterocycles. The van der Waals surface area contributed by atoms with Crippen molar-refractivity contribution in [3.63, 3.8) is 0 Å². The largest absolute Gasteiger partial charge is 0.427 e. The van der Waals surface area contributed by atoms with E-state index in [0.29, 0.717) is 24.5 Å². The van der Waals surface area contributed by atoms with Crippen molar-refractivity contribution < 1.29 is 28.2 Å². The lowest BCUT2D eigenvalue weighted by atomic mass is 9.90. The Kier molecular flexibility index (Phi) is 5.95. The molecule has 0 radical (unpaired) electrons. The van der Waals surface area contributed by atoms with Gasteiger partial charge in [-0.15, -0.1) is 0 Å². The second-order valence-corrected chi connectivity index (χ2v) is 8.15. The fourth-order valence-electron chi connectivity index (χ4n) is 3.98. The van der Waals surface area contributed by atoms with Crippen LogP contribution in [0.2, 0.25) is 0 Å². The van der Waals surface area contributed by atoms with Gasteiger partial charge in [0.2, 0.25) is 6.79 Å². The van der Waals surface area contributed by atoms with Crippen LogP contribution in [0.15, 0.2) is 24.3 Å². The molecule has 0 spiro atoms. The molecule has 2 fully saturated rings. The van der Waals surface area contributed by atoms with Crippen molar-refractivity contribution in [2.75, 3.05) is 49.3 Å². The first-order valence-corrected chi connectivity index (χ1v) is 10.5. The van der Waals surface area contributed by atoms with E-state index in [0.717, 1.165) is 25.9 Å². The highest BCUT2D eigenvalue weighted by Gasteiger charge is 2.43. The molecule has 8 nitrogen and oxygen atoms in total. The van der Waals surface area contributed by atoms with Crippen LogP contribution in [0, 0.1) is 11.7 Å². The molecule has 1 saturated heterocycles. The zero-order valence-corrected chi connectivity index (χ0v) is 17.5. The van der Waals surface area contributed by atoms with Crippen LogP contribution in [0.1, 0.15) is 30.1 Å². The minimum atomic E-state index is -1.10. The lowest BCUT2D eigenvalue weighted by Gasteiger charge is -2.36. The zero-order valence-electron chi connectivity index (χ0n) is 17.5. The number of carbonyl (C=O) groups excluding carboxylic acids is 3. The predicted molar refractivity (Wildman–Crippen MR) is 112 cm³/mol. The predicted octanol–water partition coefficient (Wildman–Crippen LogP) is 1.64. The fraction of sp³-hybridized carbons (Fsp3) is 0.500. The van der Waals surface area contributed by atoms with E-state index in [-0.39, 0.29) is 23.7 Å². The number of halogens is 1. The minimum absolute atomic E-state index is 0.163. The van der Waals surface area contributed by atoms with Crippen LogP contribution in [0.25, 0.3) is 0 Å². The second kappa shape index (κ2) is 8.66. The number of hydrogen-bond donors (Lipinski definition) is 1. The van der Waals surface area contributed by atoms with Crippen molar-refractivity contribution in [1.29, 1.82) is 0 Å². The number of carbonyl (C=O) groups is 3. The Balaban J connectivity index is 1.55. The minimum Gasteiger partial charge on any atom is -0.427 e. The molecular weight excluding hydrogens is 405 g/mol. The summed E-state index contributed by atoms with van der Waals surface area (Å²) in [4.78, 5) is 41.0. The van der Waals surface area contributed by atoms with Crippen molar-refractivity contribution in [3.05, 3.63) is 35.7 Å². The highest BCUT2D eigenvalue weighted by molar-refractivity contribution is 6.14. The van der Waals surface area contributed by atoms with Crippen LogP contribution in [0.3, 0.4) is 0 Å². The van der Waals surface area contributed by atoms with E-state index in [1.807, 2.05) is 9.80 Å². The molecular formula is C22H26FN3O5. The monoisotopic (exact) mass is 431 g/mol. The third-order valence-corrected chi connectivity index (χ3v) is 5.81. The van der Waals surface area contributed by atoms with E-state index in [2.05, 4.69) is 11.9 Å². The molecule has 0 bridgehead atoms. The van der Waals surface area contributed by atoms with Crippen molar-refractivity contribution in [3.8, 4) is 0 Å². The molecule has 1 aromatic carbocycles. The fourth-order valence-corrected chi connectivity index (χ4v) is 3.98. The standard InChI is InChI=1S/C22H26FN3O5/c1-13(2)21(28)30-12-31-22(29)16-11-26(14-3-4-14)18-10-19(25-7-5-24-6-8-25)17(23)9-15(18)20(16)27/h9-10,14,16,24H,1,3-8,11-12H2,2H3. The number of Topliss-reactive ketones (excluding diaryl/α,β-unsaturated/α-hetero) is 1. The normalized spacial score (nSPS) is 20.8. The summed E-state index contributed by atoms with van der Waals surface area (Å²) >= 11 is 0. The Morgan fingerprint density at radius 3 is 2.55 bits per heavy atom. The van der Waals surface area contributed by atoms with Crippen molar-refractivity contribution in [2.45, 2.75) is 25.8 Å². The number of nitrogens with zero attached hydrogens (tertiary/aromatic N) is 2. The van der Waals surface area contributed by atoms with Crippen LogP contribution in [0.4, 0.5) is 15.8 Å². The molecule has 31 heavy (non-hydrogen) atoms. The maximum atomic E-state index is 15.0. The van der Waals surface area contributed by atoms with Crippen molar-refractivity contribution >= 4 is 29.1 Å². The lowest BCUT2D eigenvalue weighted by Crippen LogP contribution is -2.46. The first-order chi connectivity index (χ1) is 14.9. The Labute approximate surface area is 180 Å². The third-order valence-electron chi connectivity index (χ3n) is 5.81. The van der Waals surface area contributed by atoms with Gasteiger partial charge in [0.15, 0.2) is 5.78 Å². The number of benzene rings is 1. The number of esters is 2. The molecule has 9 heteroatoms. The number of rotatable bonds is 6. The average molecular weight is 431 g/mol. The summed E-state index contributed by atoms with van der Waals surface area (Å²) in [5.74, 6) is -3.53. The Morgan fingerprint density at radius 1 is 1.19 bits per heavy atom. The number of hydrogen-bond acceptors (Lipinski definition) is 8. The van der Waals surface area contributed by atoms with Crippen LogP contribution in [0.5, 0.6) is 0 Å². The summed E-state index contributed by atoms with van der Waals surface area (Å²) in [5, 5.41) is 3.24. The van der Waals surface area contributed by atoms with Gasteiger partial charge in [-0.05, 0) is 31.9 Å². The van der Waals surface area contributed by atoms with Gasteiger partial charge in [-0.2, -0.15) is 0 Å². The molecule has 1 saturated carbocycles. The third kappa shape index (κ3) is 4.41. The van der Waals surface area contributed by atoms with Crippen LogP contribution in [-0.2, 0) is 19.1 Å². The van der Waals surface area contributed by atoms with Gasteiger partial charge in [-0.25, -0.2) is 9.18 Å². The number of anilines is 2. The molecule has 166 valence electrons. The highest BCUT2D eigenvalue weighted by Crippen LogP contribution is 2.41. The first kappa shape index (κ1) is 21.3. The summed E-state index contributed by atoms with van der Waals surface area (Å²) < 4.78 is 24.7. The summed E-state index contributed by atoms with van der Waals surface area (Å²) in [5.41, 5.74) is 1.51. The van der Waals surface area contributed by atoms with Crippen LogP contribution < -0.4 is 15.1 Å². The van der Waals surface area contributed by atoms with Crippen molar-refractivity contribution in [1.82, 2.24) is 5.32 Å². The molecule has 1 unspecified atom stereocenters. The van der Waals surface area contributed by atoms with E-state index in [1.54, 1.807) is 6.07 Å². The Bertz CT molecular complexity index is 924. The van der Waals surface area contributed by atoms with E-state index >= 15 is 0 Å². The molecule has 0 aromatic heterocycles. The van der Waals surface area contributed by atoms with Gasteiger partial charge in [0.25, 0.3) is 0 Å². The number of nitrogens with one attached hydrogen (secondary N) is 1. The number of ketones is 1. The summed E-state index contributed by atoms with van der Waals surface area (Å²) in [6.45, 7) is 7.40. The molecule has 1 aromatic rings. The van der Waals surface area contributed by atoms with E-state index in [9.17, 15) is 18.8 Å². The van der Waals surface area contributed by atoms with Crippen LogP contribution >= 0.6 is 0 Å².